The summed E-state index contributed by atoms with van der Waals surface area (Å²) in [4.78, 5) is 16.4. The first-order valence-electron chi connectivity index (χ1n) is 7.83. The van der Waals surface area contributed by atoms with Crippen molar-refractivity contribution in [1.29, 1.82) is 0 Å². The molecule has 128 valence electrons. The van der Waals surface area contributed by atoms with E-state index < -0.39 is 10.0 Å². The average Bonchev–Trinajstić information content (AvgIpc) is 2.50. The molecule has 7 heteroatoms. The lowest BCUT2D eigenvalue weighted by atomic mass is 10.2. The molecule has 0 aliphatic carbocycles. The first-order valence-corrected chi connectivity index (χ1v) is 9.31. The Bertz CT molecular complexity index is 665. The molecule has 0 atom stereocenters. The van der Waals surface area contributed by atoms with E-state index in [9.17, 15) is 13.2 Å². The third-order valence-corrected chi connectivity index (χ3v) is 5.72. The first kappa shape index (κ1) is 17.9. The van der Waals surface area contributed by atoms with Crippen LogP contribution in [0.15, 0.2) is 23.1 Å². The van der Waals surface area contributed by atoms with Gasteiger partial charge in [-0.2, -0.15) is 0 Å². The quantitative estimate of drug-likeness (QED) is 0.859. The van der Waals surface area contributed by atoms with Gasteiger partial charge in [0.25, 0.3) is 0 Å². The second-order valence-electron chi connectivity index (χ2n) is 6.10. The van der Waals surface area contributed by atoms with Gasteiger partial charge in [0.1, 0.15) is 0 Å². The van der Waals surface area contributed by atoms with Gasteiger partial charge in [-0.25, -0.2) is 13.1 Å². The monoisotopic (exact) mass is 339 g/mol. The minimum absolute atomic E-state index is 0.00163. The molecule has 0 bridgehead atoms. The van der Waals surface area contributed by atoms with E-state index in [0.29, 0.717) is 18.7 Å². The zero-order valence-electron chi connectivity index (χ0n) is 14.0. The van der Waals surface area contributed by atoms with Crippen LogP contribution < -0.4 is 4.72 Å². The van der Waals surface area contributed by atoms with Gasteiger partial charge in [-0.1, -0.05) is 12.1 Å². The number of hydrogen-bond donors (Lipinski definition) is 1. The van der Waals surface area contributed by atoms with Crippen molar-refractivity contribution < 1.29 is 13.2 Å². The predicted molar refractivity (Wildman–Crippen MR) is 89.8 cm³/mol. The number of aryl methyl sites for hydroxylation is 2. The van der Waals surface area contributed by atoms with E-state index in [1.54, 1.807) is 24.0 Å². The number of carbonyl (C=O) groups is 1. The van der Waals surface area contributed by atoms with Gasteiger partial charge in [0, 0.05) is 39.1 Å². The lowest BCUT2D eigenvalue weighted by Gasteiger charge is -2.32. The summed E-state index contributed by atoms with van der Waals surface area (Å²) in [7, 11) is -1.55. The van der Waals surface area contributed by atoms with Crippen molar-refractivity contribution in [2.45, 2.75) is 25.2 Å². The summed E-state index contributed by atoms with van der Waals surface area (Å²) in [5.41, 5.74) is 1.60. The van der Waals surface area contributed by atoms with E-state index >= 15 is 0 Å². The minimum atomic E-state index is -3.58. The molecule has 1 aromatic rings. The minimum Gasteiger partial charge on any atom is -0.340 e. The van der Waals surface area contributed by atoms with Crippen molar-refractivity contribution in [1.82, 2.24) is 14.5 Å². The fourth-order valence-electron chi connectivity index (χ4n) is 2.58. The molecule has 2 rings (SSSR count). The van der Waals surface area contributed by atoms with Crippen LogP contribution in [-0.4, -0.2) is 63.9 Å². The zero-order chi connectivity index (χ0) is 17.0. The highest BCUT2D eigenvalue weighted by atomic mass is 32.2. The SMILES string of the molecule is Cc1ccc(C)c(S(=O)(=O)NCCC(=O)N2CCN(C)CC2)c1. The van der Waals surface area contributed by atoms with Crippen molar-refractivity contribution >= 4 is 15.9 Å². The molecule has 1 aliphatic rings. The van der Waals surface area contributed by atoms with E-state index in [4.69, 9.17) is 0 Å². The van der Waals surface area contributed by atoms with Crippen LogP contribution >= 0.6 is 0 Å². The standard InChI is InChI=1S/C16H25N3O3S/c1-13-4-5-14(2)15(12-13)23(21,22)17-7-6-16(20)19-10-8-18(3)9-11-19/h4-5,12,17H,6-11H2,1-3H3. The number of carbonyl (C=O) groups excluding carboxylic acids is 1. The van der Waals surface area contributed by atoms with Gasteiger partial charge in [0.15, 0.2) is 0 Å². The lowest BCUT2D eigenvalue weighted by Crippen LogP contribution is -2.47. The topological polar surface area (TPSA) is 69.7 Å². The largest absolute Gasteiger partial charge is 0.340 e. The summed E-state index contributed by atoms with van der Waals surface area (Å²) in [6, 6.07) is 5.32. The molecule has 0 spiro atoms. The second kappa shape index (κ2) is 7.42. The summed E-state index contributed by atoms with van der Waals surface area (Å²) >= 11 is 0. The van der Waals surface area contributed by atoms with Gasteiger partial charge in [-0.3, -0.25) is 4.79 Å². The predicted octanol–water partition coefficient (Wildman–Crippen LogP) is 0.746. The summed E-state index contributed by atoms with van der Waals surface area (Å²) in [5, 5.41) is 0. The van der Waals surface area contributed by atoms with Gasteiger partial charge in [0.05, 0.1) is 4.90 Å². The van der Waals surface area contributed by atoms with Gasteiger partial charge in [-0.15, -0.1) is 0 Å². The fraction of sp³-hybridized carbons (Fsp3) is 0.562. The number of amides is 1. The van der Waals surface area contributed by atoms with Crippen molar-refractivity contribution in [3.8, 4) is 0 Å². The van der Waals surface area contributed by atoms with Crippen LogP contribution in [0.4, 0.5) is 0 Å². The number of rotatable bonds is 5. The van der Waals surface area contributed by atoms with Crippen molar-refractivity contribution in [3.05, 3.63) is 29.3 Å². The Labute approximate surface area is 138 Å². The Morgan fingerprint density at radius 3 is 2.48 bits per heavy atom. The molecule has 6 nitrogen and oxygen atoms in total. The molecule has 23 heavy (non-hydrogen) atoms. The number of benzene rings is 1. The summed E-state index contributed by atoms with van der Waals surface area (Å²) in [6.45, 7) is 6.89. The molecule has 0 aromatic heterocycles. The molecule has 0 saturated carbocycles. The molecule has 1 fully saturated rings. The molecule has 0 radical (unpaired) electrons. The molecular weight excluding hydrogens is 314 g/mol. The highest BCUT2D eigenvalue weighted by molar-refractivity contribution is 7.89. The summed E-state index contributed by atoms with van der Waals surface area (Å²) in [5.74, 6) is 0.00163. The van der Waals surface area contributed by atoms with E-state index in [0.717, 1.165) is 18.7 Å². The Kier molecular flexibility index (Phi) is 5.78. The maximum absolute atomic E-state index is 12.4. The van der Waals surface area contributed by atoms with Crippen LogP contribution in [0.1, 0.15) is 17.5 Å². The van der Waals surface area contributed by atoms with Crippen LogP contribution in [0.25, 0.3) is 0 Å². The summed E-state index contributed by atoms with van der Waals surface area (Å²) < 4.78 is 27.3. The maximum Gasteiger partial charge on any atom is 0.240 e. The zero-order valence-corrected chi connectivity index (χ0v) is 14.8. The smallest absolute Gasteiger partial charge is 0.240 e. The van der Waals surface area contributed by atoms with E-state index in [2.05, 4.69) is 9.62 Å². The molecular formula is C16H25N3O3S. The number of sulfonamides is 1. The molecule has 0 unspecified atom stereocenters. The third-order valence-electron chi connectivity index (χ3n) is 4.12. The van der Waals surface area contributed by atoms with Crippen LogP contribution in [0, 0.1) is 13.8 Å². The molecule has 1 aliphatic heterocycles. The lowest BCUT2D eigenvalue weighted by molar-refractivity contribution is -0.132. The van der Waals surface area contributed by atoms with Gasteiger partial charge in [0.2, 0.25) is 15.9 Å². The molecule has 1 N–H and O–H groups in total. The highest BCUT2D eigenvalue weighted by Gasteiger charge is 2.20. The van der Waals surface area contributed by atoms with Crippen LogP contribution in [0.2, 0.25) is 0 Å². The number of piperazine rings is 1. The molecule has 1 aromatic carbocycles. The van der Waals surface area contributed by atoms with Gasteiger partial charge >= 0.3 is 0 Å². The number of nitrogens with zero attached hydrogens (tertiary/aromatic N) is 2. The van der Waals surface area contributed by atoms with Gasteiger partial charge < -0.3 is 9.80 Å². The van der Waals surface area contributed by atoms with Crippen molar-refractivity contribution in [2.24, 2.45) is 0 Å². The van der Waals surface area contributed by atoms with E-state index in [1.807, 2.05) is 20.0 Å². The molecule has 1 heterocycles. The van der Waals surface area contributed by atoms with Crippen LogP contribution in [0.3, 0.4) is 0 Å². The van der Waals surface area contributed by atoms with Crippen molar-refractivity contribution in [3.63, 3.8) is 0 Å². The fourth-order valence-corrected chi connectivity index (χ4v) is 3.94. The molecule has 1 amide bonds. The van der Waals surface area contributed by atoms with Crippen molar-refractivity contribution in [2.75, 3.05) is 39.8 Å². The Hall–Kier alpha value is -1.44. The Morgan fingerprint density at radius 1 is 1.17 bits per heavy atom. The number of likely N-dealkylation sites (N-methyl/N-ethyl adjacent to an activating group) is 1. The summed E-state index contributed by atoms with van der Waals surface area (Å²) in [6.07, 6.45) is 0.188. The Balaban J connectivity index is 1.90. The van der Waals surface area contributed by atoms with E-state index in [-0.39, 0.29) is 23.8 Å². The average molecular weight is 339 g/mol. The molecule has 1 saturated heterocycles. The highest BCUT2D eigenvalue weighted by Crippen LogP contribution is 2.16. The van der Waals surface area contributed by atoms with Gasteiger partial charge in [-0.05, 0) is 38.1 Å². The Morgan fingerprint density at radius 2 is 1.83 bits per heavy atom. The first-order chi connectivity index (χ1) is 10.8. The van der Waals surface area contributed by atoms with E-state index in [1.165, 1.54) is 0 Å². The normalized spacial score (nSPS) is 16.6. The maximum atomic E-state index is 12.4. The third kappa shape index (κ3) is 4.76. The van der Waals surface area contributed by atoms with Crippen LogP contribution in [-0.2, 0) is 14.8 Å². The second-order valence-corrected chi connectivity index (χ2v) is 7.84. The van der Waals surface area contributed by atoms with Crippen LogP contribution in [0.5, 0.6) is 0 Å². The number of nitrogens with one attached hydrogen (secondary N) is 1. The number of hydrogen-bond acceptors (Lipinski definition) is 4.